The van der Waals surface area contributed by atoms with E-state index in [4.69, 9.17) is 5.26 Å². The quantitative estimate of drug-likeness (QED) is 0.612. The van der Waals surface area contributed by atoms with Crippen LogP contribution in [0.25, 0.3) is 0 Å². The highest BCUT2D eigenvalue weighted by molar-refractivity contribution is 7.89. The first-order chi connectivity index (χ1) is 9.27. The summed E-state index contributed by atoms with van der Waals surface area (Å²) in [6.07, 6.45) is 0. The summed E-state index contributed by atoms with van der Waals surface area (Å²) in [4.78, 5) is 10.00. The molecular formula is C11H14N4O4S. The first kappa shape index (κ1) is 15.9. The summed E-state index contributed by atoms with van der Waals surface area (Å²) in [5.41, 5.74) is 0.279. The van der Waals surface area contributed by atoms with Crippen LogP contribution in [0.1, 0.15) is 5.56 Å². The summed E-state index contributed by atoms with van der Waals surface area (Å²) in [5.74, 6) is -0.137. The lowest BCUT2D eigenvalue weighted by Gasteiger charge is -2.12. The van der Waals surface area contributed by atoms with Crippen molar-refractivity contribution in [3.8, 4) is 6.07 Å². The Morgan fingerprint density at radius 3 is 2.60 bits per heavy atom. The molecule has 9 heteroatoms. The number of nitro groups is 1. The fourth-order valence-corrected chi connectivity index (χ4v) is 2.11. The number of benzene rings is 1. The Labute approximate surface area is 116 Å². The van der Waals surface area contributed by atoms with Crippen LogP contribution >= 0.6 is 0 Å². The zero-order valence-corrected chi connectivity index (χ0v) is 11.8. The molecule has 1 aromatic rings. The van der Waals surface area contributed by atoms with Gasteiger partial charge >= 0.3 is 0 Å². The maximum absolute atomic E-state index is 11.6. The van der Waals surface area contributed by atoms with Crippen LogP contribution in [0.3, 0.4) is 0 Å². The third-order valence-corrected chi connectivity index (χ3v) is 4.40. The number of sulfonamides is 1. The second-order valence-corrected chi connectivity index (χ2v) is 6.43. The van der Waals surface area contributed by atoms with Crippen molar-refractivity contribution in [3.05, 3.63) is 33.9 Å². The molecule has 0 fully saturated rings. The molecule has 0 aliphatic rings. The monoisotopic (exact) mass is 298 g/mol. The molecular weight excluding hydrogens is 284 g/mol. The van der Waals surface area contributed by atoms with Crippen LogP contribution in [0.2, 0.25) is 0 Å². The Bertz CT molecular complexity index is 649. The van der Waals surface area contributed by atoms with Crippen molar-refractivity contribution in [2.24, 2.45) is 0 Å². The van der Waals surface area contributed by atoms with Crippen LogP contribution in [-0.2, 0) is 10.0 Å². The number of anilines is 1. The van der Waals surface area contributed by atoms with Crippen molar-refractivity contribution < 1.29 is 13.3 Å². The van der Waals surface area contributed by atoms with E-state index in [0.717, 1.165) is 10.4 Å². The standard InChI is InChI=1S/C11H14N4O4S/c1-14(2)20(18,19)6-5-13-11-4-3-10(15(16)17)7-9(11)8-12/h3-4,7,13H,5-6H2,1-2H3. The van der Waals surface area contributed by atoms with Gasteiger partial charge in [0.05, 0.1) is 21.9 Å². The number of nitrogens with one attached hydrogen (secondary N) is 1. The van der Waals surface area contributed by atoms with Gasteiger partial charge in [-0.2, -0.15) is 5.26 Å². The molecule has 20 heavy (non-hydrogen) atoms. The molecule has 0 unspecified atom stereocenters. The highest BCUT2D eigenvalue weighted by atomic mass is 32.2. The van der Waals surface area contributed by atoms with E-state index in [1.807, 2.05) is 6.07 Å². The van der Waals surface area contributed by atoms with Gasteiger partial charge in [0, 0.05) is 32.8 Å². The van der Waals surface area contributed by atoms with Crippen LogP contribution in [0.15, 0.2) is 18.2 Å². The van der Waals surface area contributed by atoms with E-state index >= 15 is 0 Å². The van der Waals surface area contributed by atoms with E-state index in [2.05, 4.69) is 5.32 Å². The summed E-state index contributed by atoms with van der Waals surface area (Å²) in [6.45, 7) is 0.104. The lowest BCUT2D eigenvalue weighted by molar-refractivity contribution is -0.384. The Kier molecular flexibility index (Phi) is 5.01. The van der Waals surface area contributed by atoms with Gasteiger partial charge in [-0.05, 0) is 6.07 Å². The molecule has 0 heterocycles. The van der Waals surface area contributed by atoms with E-state index in [9.17, 15) is 18.5 Å². The molecule has 108 valence electrons. The van der Waals surface area contributed by atoms with E-state index < -0.39 is 14.9 Å². The van der Waals surface area contributed by atoms with Gasteiger partial charge < -0.3 is 5.32 Å². The maximum Gasteiger partial charge on any atom is 0.270 e. The molecule has 0 radical (unpaired) electrons. The Morgan fingerprint density at radius 2 is 2.10 bits per heavy atom. The van der Waals surface area contributed by atoms with Crippen LogP contribution in [-0.4, -0.2) is 44.0 Å². The van der Waals surface area contributed by atoms with E-state index in [-0.39, 0.29) is 23.5 Å². The van der Waals surface area contributed by atoms with Gasteiger partial charge in [-0.15, -0.1) is 0 Å². The summed E-state index contributed by atoms with van der Waals surface area (Å²) in [5, 5.41) is 22.3. The topological polar surface area (TPSA) is 116 Å². The number of non-ortho nitro benzene ring substituents is 1. The van der Waals surface area contributed by atoms with Gasteiger partial charge in [0.2, 0.25) is 10.0 Å². The fraction of sp³-hybridized carbons (Fsp3) is 0.364. The van der Waals surface area contributed by atoms with Crippen molar-refractivity contribution in [2.45, 2.75) is 0 Å². The van der Waals surface area contributed by atoms with Crippen LogP contribution < -0.4 is 5.32 Å². The molecule has 1 rings (SSSR count). The third-order valence-electron chi connectivity index (χ3n) is 2.57. The second-order valence-electron chi connectivity index (χ2n) is 4.12. The minimum atomic E-state index is -3.33. The lowest BCUT2D eigenvalue weighted by Crippen LogP contribution is -2.28. The SMILES string of the molecule is CN(C)S(=O)(=O)CCNc1ccc([N+](=O)[O-])cc1C#N. The largest absolute Gasteiger partial charge is 0.383 e. The maximum atomic E-state index is 11.6. The predicted molar refractivity (Wildman–Crippen MR) is 73.8 cm³/mol. The van der Waals surface area contributed by atoms with E-state index in [1.54, 1.807) is 0 Å². The highest BCUT2D eigenvalue weighted by Crippen LogP contribution is 2.21. The van der Waals surface area contributed by atoms with Gasteiger partial charge in [-0.3, -0.25) is 10.1 Å². The van der Waals surface area contributed by atoms with Gasteiger partial charge in [0.25, 0.3) is 5.69 Å². The summed E-state index contributed by atoms with van der Waals surface area (Å²) in [7, 11) is -0.465. The number of hydrogen-bond acceptors (Lipinski definition) is 6. The average molecular weight is 298 g/mol. The molecule has 0 saturated heterocycles. The normalized spacial score (nSPS) is 11.1. The molecule has 0 aliphatic heterocycles. The summed E-state index contributed by atoms with van der Waals surface area (Å²) < 4.78 is 24.2. The van der Waals surface area contributed by atoms with Crippen molar-refractivity contribution in [3.63, 3.8) is 0 Å². The number of nitriles is 1. The fourth-order valence-electron chi connectivity index (χ4n) is 1.39. The molecule has 0 aromatic heterocycles. The van der Waals surface area contributed by atoms with E-state index in [0.29, 0.717) is 5.69 Å². The molecule has 0 atom stereocenters. The summed E-state index contributed by atoms with van der Waals surface area (Å²) in [6, 6.07) is 5.62. The van der Waals surface area contributed by atoms with Crippen molar-refractivity contribution >= 4 is 21.4 Å². The number of nitro benzene ring substituents is 1. The number of rotatable bonds is 6. The average Bonchev–Trinajstić information content (AvgIpc) is 2.38. The summed E-state index contributed by atoms with van der Waals surface area (Å²) >= 11 is 0. The molecule has 0 spiro atoms. The number of hydrogen-bond donors (Lipinski definition) is 1. The van der Waals surface area contributed by atoms with Crippen molar-refractivity contribution in [2.75, 3.05) is 31.7 Å². The smallest absolute Gasteiger partial charge is 0.270 e. The highest BCUT2D eigenvalue weighted by Gasteiger charge is 2.14. The van der Waals surface area contributed by atoms with Gasteiger partial charge in [-0.25, -0.2) is 12.7 Å². The van der Waals surface area contributed by atoms with Crippen molar-refractivity contribution in [1.82, 2.24) is 4.31 Å². The van der Waals surface area contributed by atoms with Gasteiger partial charge in [0.1, 0.15) is 6.07 Å². The zero-order chi connectivity index (χ0) is 15.3. The Balaban J connectivity index is 2.80. The molecule has 0 aliphatic carbocycles. The Hall–Kier alpha value is -2.18. The molecule has 8 nitrogen and oxygen atoms in total. The van der Waals surface area contributed by atoms with E-state index in [1.165, 1.54) is 26.2 Å². The number of nitrogens with zero attached hydrogens (tertiary/aromatic N) is 3. The molecule has 0 bridgehead atoms. The molecule has 0 saturated carbocycles. The van der Waals surface area contributed by atoms with Crippen LogP contribution in [0, 0.1) is 21.4 Å². The lowest BCUT2D eigenvalue weighted by atomic mass is 10.1. The third kappa shape index (κ3) is 3.91. The predicted octanol–water partition coefficient (Wildman–Crippen LogP) is 0.770. The van der Waals surface area contributed by atoms with Gasteiger partial charge in [0.15, 0.2) is 0 Å². The molecule has 1 aromatic carbocycles. The minimum Gasteiger partial charge on any atom is -0.383 e. The van der Waals surface area contributed by atoms with Gasteiger partial charge in [-0.1, -0.05) is 0 Å². The first-order valence-electron chi connectivity index (χ1n) is 5.60. The van der Waals surface area contributed by atoms with Crippen LogP contribution in [0.5, 0.6) is 0 Å². The molecule has 0 amide bonds. The zero-order valence-electron chi connectivity index (χ0n) is 11.0. The van der Waals surface area contributed by atoms with Crippen molar-refractivity contribution in [1.29, 1.82) is 5.26 Å². The second kappa shape index (κ2) is 6.31. The molecule has 1 N–H and O–H groups in total. The van der Waals surface area contributed by atoms with Crippen LogP contribution in [0.4, 0.5) is 11.4 Å². The first-order valence-corrected chi connectivity index (χ1v) is 7.21. The Morgan fingerprint density at radius 1 is 1.45 bits per heavy atom. The minimum absolute atomic E-state index is 0.0986.